The smallest absolute Gasteiger partial charge is 0.220 e. The van der Waals surface area contributed by atoms with Crippen molar-refractivity contribution in [1.82, 2.24) is 15.3 Å². The maximum Gasteiger partial charge on any atom is 0.220 e. The zero-order chi connectivity index (χ0) is 17.0. The molecule has 2 rings (SSSR count). The molecule has 1 amide bonds. The third kappa shape index (κ3) is 5.03. The average Bonchev–Trinajstić information content (AvgIpc) is 2.86. The average molecular weight is 321 g/mol. The van der Waals surface area contributed by atoms with E-state index in [1.165, 1.54) is 6.07 Å². The predicted molar refractivity (Wildman–Crippen MR) is 87.5 cm³/mol. The molecule has 1 heterocycles. The maximum absolute atomic E-state index is 13.6. The number of imidazole rings is 1. The number of nitrogens with one attached hydrogen (secondary N) is 2. The Morgan fingerprint density at radius 3 is 2.87 bits per heavy atom. The van der Waals surface area contributed by atoms with Crippen molar-refractivity contribution in [3.8, 4) is 0 Å². The second kappa shape index (κ2) is 7.08. The van der Waals surface area contributed by atoms with Crippen LogP contribution in [0.2, 0.25) is 0 Å². The number of aryl methyl sites for hydroxylation is 1. The molecule has 1 aromatic heterocycles. The Hall–Kier alpha value is -1.95. The van der Waals surface area contributed by atoms with Gasteiger partial charge in [0.05, 0.1) is 11.6 Å². The van der Waals surface area contributed by atoms with E-state index in [2.05, 4.69) is 15.3 Å². The number of aromatic amines is 1. The molecule has 126 valence electrons. The number of benzene rings is 1. The van der Waals surface area contributed by atoms with Crippen LogP contribution in [-0.2, 0) is 11.2 Å². The lowest BCUT2D eigenvalue weighted by molar-refractivity contribution is -0.121. The van der Waals surface area contributed by atoms with Crippen LogP contribution in [0, 0.1) is 11.2 Å². The minimum absolute atomic E-state index is 0.0791. The number of halogens is 1. The van der Waals surface area contributed by atoms with Gasteiger partial charge in [0.1, 0.15) is 11.3 Å². The molecule has 0 aliphatic rings. The third-order valence-electron chi connectivity index (χ3n) is 3.71. The number of H-pyrrole nitrogens is 1. The van der Waals surface area contributed by atoms with Crippen molar-refractivity contribution in [3.63, 3.8) is 0 Å². The summed E-state index contributed by atoms with van der Waals surface area (Å²) in [6, 6.07) is 4.74. The number of aliphatic hydroxyl groups is 1. The van der Waals surface area contributed by atoms with Crippen LogP contribution in [0.5, 0.6) is 0 Å². The Bertz CT molecular complexity index is 680. The van der Waals surface area contributed by atoms with Gasteiger partial charge >= 0.3 is 0 Å². The van der Waals surface area contributed by atoms with Crippen LogP contribution in [0.4, 0.5) is 4.39 Å². The molecule has 0 aliphatic heterocycles. The van der Waals surface area contributed by atoms with E-state index >= 15 is 0 Å². The number of para-hydroxylation sites is 1. The molecule has 1 atom stereocenters. The number of amides is 1. The molecule has 0 radical (unpaired) electrons. The van der Waals surface area contributed by atoms with Crippen LogP contribution >= 0.6 is 0 Å². The van der Waals surface area contributed by atoms with Crippen molar-refractivity contribution >= 4 is 16.9 Å². The van der Waals surface area contributed by atoms with Crippen molar-refractivity contribution < 1.29 is 14.3 Å². The van der Waals surface area contributed by atoms with Crippen molar-refractivity contribution in [2.45, 2.75) is 46.1 Å². The summed E-state index contributed by atoms with van der Waals surface area (Å²) in [6.45, 7) is 6.25. The quantitative estimate of drug-likeness (QED) is 0.733. The van der Waals surface area contributed by atoms with E-state index in [9.17, 15) is 14.3 Å². The maximum atomic E-state index is 13.6. The highest BCUT2D eigenvalue weighted by atomic mass is 19.1. The van der Waals surface area contributed by atoms with Crippen LogP contribution in [-0.4, -0.2) is 33.6 Å². The largest absolute Gasteiger partial charge is 0.393 e. The molecule has 1 aromatic carbocycles. The van der Waals surface area contributed by atoms with Gasteiger partial charge in [-0.1, -0.05) is 19.9 Å². The Labute approximate surface area is 135 Å². The van der Waals surface area contributed by atoms with E-state index in [1.807, 2.05) is 13.8 Å². The number of fused-ring (bicyclic) bond motifs is 1. The zero-order valence-corrected chi connectivity index (χ0v) is 13.8. The number of nitrogens with zero attached hydrogens (tertiary/aromatic N) is 1. The summed E-state index contributed by atoms with van der Waals surface area (Å²) >= 11 is 0. The first-order valence-corrected chi connectivity index (χ1v) is 7.85. The first kappa shape index (κ1) is 17.4. The summed E-state index contributed by atoms with van der Waals surface area (Å²) < 4.78 is 13.6. The van der Waals surface area contributed by atoms with Gasteiger partial charge in [-0.2, -0.15) is 0 Å². The fourth-order valence-corrected chi connectivity index (χ4v) is 2.70. The fraction of sp³-hybridized carbons (Fsp3) is 0.529. The van der Waals surface area contributed by atoms with Crippen molar-refractivity contribution in [2.24, 2.45) is 5.41 Å². The van der Waals surface area contributed by atoms with Gasteiger partial charge in [0, 0.05) is 19.4 Å². The minimum Gasteiger partial charge on any atom is -0.393 e. The summed E-state index contributed by atoms with van der Waals surface area (Å²) in [6.07, 6.45) is 0.936. The highest BCUT2D eigenvalue weighted by molar-refractivity contribution is 5.77. The molecule has 0 spiro atoms. The van der Waals surface area contributed by atoms with Gasteiger partial charge in [-0.05, 0) is 30.9 Å². The lowest BCUT2D eigenvalue weighted by Crippen LogP contribution is -2.35. The molecule has 3 N–H and O–H groups in total. The molecule has 0 saturated carbocycles. The summed E-state index contributed by atoms with van der Waals surface area (Å²) in [5.74, 6) is 0.155. The highest BCUT2D eigenvalue weighted by Crippen LogP contribution is 2.21. The Kier molecular flexibility index (Phi) is 5.36. The van der Waals surface area contributed by atoms with E-state index in [-0.39, 0.29) is 23.6 Å². The number of rotatable bonds is 7. The van der Waals surface area contributed by atoms with E-state index in [0.29, 0.717) is 36.2 Å². The Morgan fingerprint density at radius 1 is 1.48 bits per heavy atom. The number of aliphatic hydroxyl groups excluding tert-OH is 1. The minimum atomic E-state index is -0.396. The lowest BCUT2D eigenvalue weighted by Gasteiger charge is -2.26. The van der Waals surface area contributed by atoms with Gasteiger partial charge in [0.25, 0.3) is 0 Å². The van der Waals surface area contributed by atoms with E-state index in [1.54, 1.807) is 19.1 Å². The van der Waals surface area contributed by atoms with Gasteiger partial charge in [-0.25, -0.2) is 9.37 Å². The standard InChI is InChI=1S/C17H24FN3O2/c1-11(22)9-17(2,3)10-19-15(23)8-7-14-20-13-6-4-5-12(18)16(13)21-14/h4-6,11,22H,7-10H2,1-3H3,(H,19,23)(H,20,21). The normalized spacial score (nSPS) is 13.3. The van der Waals surface area contributed by atoms with Crippen molar-refractivity contribution in [1.29, 1.82) is 0 Å². The van der Waals surface area contributed by atoms with Crippen molar-refractivity contribution in [3.05, 3.63) is 29.8 Å². The topological polar surface area (TPSA) is 78.0 Å². The van der Waals surface area contributed by atoms with Gasteiger partial charge in [-0.3, -0.25) is 4.79 Å². The molecular weight excluding hydrogens is 297 g/mol. The lowest BCUT2D eigenvalue weighted by atomic mass is 9.87. The first-order chi connectivity index (χ1) is 10.8. The van der Waals surface area contributed by atoms with Crippen LogP contribution in [0.3, 0.4) is 0 Å². The number of carbonyl (C=O) groups excluding carboxylic acids is 1. The van der Waals surface area contributed by atoms with E-state index < -0.39 is 6.10 Å². The molecule has 5 nitrogen and oxygen atoms in total. The van der Waals surface area contributed by atoms with E-state index in [0.717, 1.165) is 0 Å². The molecular formula is C17H24FN3O2. The fourth-order valence-electron chi connectivity index (χ4n) is 2.70. The second-order valence-corrected chi connectivity index (χ2v) is 6.81. The van der Waals surface area contributed by atoms with Gasteiger partial charge in [-0.15, -0.1) is 0 Å². The molecule has 1 unspecified atom stereocenters. The Balaban J connectivity index is 1.85. The molecule has 23 heavy (non-hydrogen) atoms. The summed E-state index contributed by atoms with van der Waals surface area (Å²) in [5.41, 5.74) is 0.784. The molecule has 2 aromatic rings. The monoisotopic (exact) mass is 321 g/mol. The van der Waals surface area contributed by atoms with Gasteiger partial charge < -0.3 is 15.4 Å². The van der Waals surface area contributed by atoms with E-state index in [4.69, 9.17) is 0 Å². The number of carbonyl (C=O) groups is 1. The van der Waals surface area contributed by atoms with Crippen LogP contribution in [0.15, 0.2) is 18.2 Å². The zero-order valence-electron chi connectivity index (χ0n) is 13.8. The third-order valence-corrected chi connectivity index (χ3v) is 3.71. The molecule has 0 aliphatic carbocycles. The first-order valence-electron chi connectivity index (χ1n) is 7.85. The van der Waals surface area contributed by atoms with Crippen molar-refractivity contribution in [2.75, 3.05) is 6.54 Å². The number of aromatic nitrogens is 2. The second-order valence-electron chi connectivity index (χ2n) is 6.81. The summed E-state index contributed by atoms with van der Waals surface area (Å²) in [7, 11) is 0. The summed E-state index contributed by atoms with van der Waals surface area (Å²) in [5, 5.41) is 12.3. The predicted octanol–water partition coefficient (Wildman–Crippen LogP) is 2.55. The van der Waals surface area contributed by atoms with Crippen LogP contribution < -0.4 is 5.32 Å². The molecule has 0 fully saturated rings. The summed E-state index contributed by atoms with van der Waals surface area (Å²) in [4.78, 5) is 19.2. The molecule has 0 bridgehead atoms. The van der Waals surface area contributed by atoms with Gasteiger partial charge in [0.2, 0.25) is 5.91 Å². The Morgan fingerprint density at radius 2 is 2.22 bits per heavy atom. The molecule has 6 heteroatoms. The SMILES string of the molecule is CC(O)CC(C)(C)CNC(=O)CCc1nc2c(F)cccc2[nH]1. The van der Waals surface area contributed by atoms with Crippen LogP contribution in [0.1, 0.15) is 39.4 Å². The molecule has 0 saturated heterocycles. The van der Waals surface area contributed by atoms with Gasteiger partial charge in [0.15, 0.2) is 5.82 Å². The highest BCUT2D eigenvalue weighted by Gasteiger charge is 2.21. The van der Waals surface area contributed by atoms with Crippen LogP contribution in [0.25, 0.3) is 11.0 Å². The number of hydrogen-bond acceptors (Lipinski definition) is 3. The number of hydrogen-bond donors (Lipinski definition) is 3.